The van der Waals surface area contributed by atoms with Crippen molar-refractivity contribution < 1.29 is 0 Å². The topological polar surface area (TPSA) is 14.1 Å². The zero-order chi connectivity index (χ0) is 5.11. The van der Waals surface area contributed by atoms with Crippen LogP contribution in [0.5, 0.6) is 0 Å². The normalized spacial score (nSPS) is 18.1. The third-order valence-electron chi connectivity index (χ3n) is 0.920. The third-order valence-corrected chi connectivity index (χ3v) is 0.920. The molecular weight excluding hydrogens is 86.1 g/mol. The van der Waals surface area contributed by atoms with Crippen molar-refractivity contribution in [2.75, 3.05) is 6.54 Å². The van der Waals surface area contributed by atoms with Gasteiger partial charge in [-0.15, -0.1) is 12.6 Å². The summed E-state index contributed by atoms with van der Waals surface area (Å²) >= 11 is 0. The second kappa shape index (κ2) is 1.82. The molecule has 0 amide bonds. The highest BCUT2D eigenvalue weighted by Crippen LogP contribution is 2.07. The average Bonchev–Trinajstić information content (AvgIpc) is 1.69. The van der Waals surface area contributed by atoms with Crippen molar-refractivity contribution in [1.29, 1.82) is 0 Å². The van der Waals surface area contributed by atoms with Gasteiger partial charge in [-0.2, -0.15) is 5.70 Å². The molecule has 1 heteroatoms. The molecule has 1 aliphatic rings. The molecule has 0 N–H and O–H groups in total. The first-order valence-electron chi connectivity index (χ1n) is 2.40. The van der Waals surface area contributed by atoms with Crippen molar-refractivity contribution in [2.24, 2.45) is 0 Å². The van der Waals surface area contributed by atoms with Gasteiger partial charge in [0, 0.05) is 0 Å². The maximum atomic E-state index is 4.10. The van der Waals surface area contributed by atoms with Crippen molar-refractivity contribution >= 4 is 0 Å². The highest BCUT2D eigenvalue weighted by molar-refractivity contribution is 5.27. The maximum Gasteiger partial charge on any atom is -0.0609 e. The van der Waals surface area contributed by atoms with Crippen LogP contribution < -0.4 is 0 Å². The SMILES string of the molecule is CC1=CC=CC[N-]1. The Bertz CT molecular complexity index is 111. The standard InChI is InChI=1S/C6H8N/c1-6-4-2-3-5-7-6/h2-4H,5H2,1H3/q-1. The Labute approximate surface area is 43.7 Å². The predicted octanol–water partition coefficient (Wildman–Crippen LogP) is 1.83. The van der Waals surface area contributed by atoms with Crippen LogP contribution in [0.2, 0.25) is 0 Å². The van der Waals surface area contributed by atoms with Gasteiger partial charge in [-0.25, -0.2) is 0 Å². The summed E-state index contributed by atoms with van der Waals surface area (Å²) in [4.78, 5) is 0. The summed E-state index contributed by atoms with van der Waals surface area (Å²) in [6.07, 6.45) is 6.07. The lowest BCUT2D eigenvalue weighted by Crippen LogP contribution is -1.82. The number of nitrogens with zero attached hydrogens (tertiary/aromatic N) is 1. The third kappa shape index (κ3) is 1.07. The van der Waals surface area contributed by atoms with Gasteiger partial charge in [0.1, 0.15) is 0 Å². The van der Waals surface area contributed by atoms with Crippen LogP contribution in [0, 0.1) is 0 Å². The number of hydrogen-bond donors (Lipinski definition) is 0. The Hall–Kier alpha value is -0.720. The molecular formula is C6H8N-. The lowest BCUT2D eigenvalue weighted by molar-refractivity contribution is 1.29. The minimum Gasteiger partial charge on any atom is -0.685 e. The first kappa shape index (κ1) is 4.44. The average molecular weight is 94.1 g/mol. The van der Waals surface area contributed by atoms with Crippen LogP contribution in [0.3, 0.4) is 0 Å². The highest BCUT2D eigenvalue weighted by atomic mass is 14.9. The molecule has 0 spiro atoms. The van der Waals surface area contributed by atoms with Crippen molar-refractivity contribution in [3.05, 3.63) is 29.2 Å². The van der Waals surface area contributed by atoms with Crippen molar-refractivity contribution in [2.45, 2.75) is 6.92 Å². The Morgan fingerprint density at radius 1 is 1.71 bits per heavy atom. The van der Waals surface area contributed by atoms with E-state index < -0.39 is 0 Å². The first-order chi connectivity index (χ1) is 3.39. The summed E-state index contributed by atoms with van der Waals surface area (Å²) in [5.74, 6) is 0. The fraction of sp³-hybridized carbons (Fsp3) is 0.333. The Morgan fingerprint density at radius 2 is 2.57 bits per heavy atom. The van der Waals surface area contributed by atoms with Crippen LogP contribution in [-0.2, 0) is 0 Å². The zero-order valence-corrected chi connectivity index (χ0v) is 4.39. The second-order valence-electron chi connectivity index (χ2n) is 1.58. The van der Waals surface area contributed by atoms with E-state index in [4.69, 9.17) is 0 Å². The summed E-state index contributed by atoms with van der Waals surface area (Å²) < 4.78 is 0. The maximum absolute atomic E-state index is 4.10. The van der Waals surface area contributed by atoms with Gasteiger partial charge >= 0.3 is 0 Å². The Kier molecular flexibility index (Phi) is 1.16. The minimum absolute atomic E-state index is 0.863. The molecule has 7 heavy (non-hydrogen) atoms. The summed E-state index contributed by atoms with van der Waals surface area (Å²) in [6.45, 7) is 2.87. The van der Waals surface area contributed by atoms with Gasteiger partial charge in [-0.3, -0.25) is 0 Å². The Morgan fingerprint density at radius 3 is 2.86 bits per heavy atom. The molecule has 1 nitrogen and oxygen atoms in total. The van der Waals surface area contributed by atoms with E-state index in [2.05, 4.69) is 5.32 Å². The van der Waals surface area contributed by atoms with Gasteiger partial charge in [-0.05, 0) is 0 Å². The van der Waals surface area contributed by atoms with E-state index in [1.165, 1.54) is 0 Å². The molecule has 0 aromatic rings. The van der Waals surface area contributed by atoms with Crippen LogP contribution in [0.25, 0.3) is 5.32 Å². The summed E-state index contributed by atoms with van der Waals surface area (Å²) in [5, 5.41) is 4.10. The summed E-state index contributed by atoms with van der Waals surface area (Å²) in [5.41, 5.74) is 1.13. The largest absolute Gasteiger partial charge is 0.685 e. The molecule has 0 atom stereocenters. The molecule has 0 aromatic heterocycles. The van der Waals surface area contributed by atoms with E-state index in [0.717, 1.165) is 12.2 Å². The van der Waals surface area contributed by atoms with Gasteiger partial charge < -0.3 is 5.32 Å². The molecule has 0 saturated carbocycles. The van der Waals surface area contributed by atoms with E-state index in [-0.39, 0.29) is 0 Å². The quantitative estimate of drug-likeness (QED) is 0.435. The van der Waals surface area contributed by atoms with Crippen LogP contribution in [0.4, 0.5) is 0 Å². The molecule has 0 unspecified atom stereocenters. The second-order valence-corrected chi connectivity index (χ2v) is 1.58. The van der Waals surface area contributed by atoms with Crippen molar-refractivity contribution in [3.63, 3.8) is 0 Å². The summed E-state index contributed by atoms with van der Waals surface area (Å²) in [6, 6.07) is 0. The van der Waals surface area contributed by atoms with Gasteiger partial charge in [0.15, 0.2) is 0 Å². The zero-order valence-electron chi connectivity index (χ0n) is 4.39. The van der Waals surface area contributed by atoms with Crippen LogP contribution in [-0.4, -0.2) is 6.54 Å². The predicted molar refractivity (Wildman–Crippen MR) is 31.1 cm³/mol. The van der Waals surface area contributed by atoms with Crippen molar-refractivity contribution in [1.82, 2.24) is 0 Å². The highest BCUT2D eigenvalue weighted by Gasteiger charge is 1.72. The van der Waals surface area contributed by atoms with Crippen LogP contribution >= 0.6 is 0 Å². The minimum atomic E-state index is 0.863. The molecule has 1 rings (SSSR count). The molecule has 0 bridgehead atoms. The molecule has 0 fully saturated rings. The molecule has 0 aliphatic carbocycles. The molecule has 38 valence electrons. The van der Waals surface area contributed by atoms with E-state index in [1.54, 1.807) is 0 Å². The van der Waals surface area contributed by atoms with Crippen LogP contribution in [0.15, 0.2) is 23.9 Å². The van der Waals surface area contributed by atoms with E-state index in [0.29, 0.717) is 0 Å². The molecule has 1 aliphatic heterocycles. The van der Waals surface area contributed by atoms with Gasteiger partial charge in [0.25, 0.3) is 0 Å². The van der Waals surface area contributed by atoms with Gasteiger partial charge in [0.05, 0.1) is 0 Å². The lowest BCUT2D eigenvalue weighted by Gasteiger charge is -2.21. The van der Waals surface area contributed by atoms with Gasteiger partial charge in [-0.1, -0.05) is 19.1 Å². The smallest absolute Gasteiger partial charge is 0.0609 e. The first-order valence-corrected chi connectivity index (χ1v) is 2.40. The van der Waals surface area contributed by atoms with E-state index in [1.807, 2.05) is 25.2 Å². The number of hydrogen-bond acceptors (Lipinski definition) is 0. The number of rotatable bonds is 0. The van der Waals surface area contributed by atoms with Crippen LogP contribution in [0.1, 0.15) is 6.92 Å². The fourth-order valence-corrected chi connectivity index (χ4v) is 0.518. The molecule has 0 saturated heterocycles. The fourth-order valence-electron chi connectivity index (χ4n) is 0.518. The van der Waals surface area contributed by atoms with Gasteiger partial charge in [0.2, 0.25) is 0 Å². The lowest BCUT2D eigenvalue weighted by atomic mass is 10.3. The molecule has 1 heterocycles. The van der Waals surface area contributed by atoms with E-state index >= 15 is 0 Å². The van der Waals surface area contributed by atoms with Crippen molar-refractivity contribution in [3.8, 4) is 0 Å². The number of allylic oxidation sites excluding steroid dienone is 3. The molecule has 0 aromatic carbocycles. The summed E-state index contributed by atoms with van der Waals surface area (Å²) in [7, 11) is 0. The monoisotopic (exact) mass is 94.1 g/mol. The Balaban J connectivity index is 2.57. The molecule has 0 radical (unpaired) electrons. The van der Waals surface area contributed by atoms with E-state index in [9.17, 15) is 0 Å².